The van der Waals surface area contributed by atoms with Crippen LogP contribution in [0.4, 0.5) is 5.69 Å². The Balaban J connectivity index is 1.56. The summed E-state index contributed by atoms with van der Waals surface area (Å²) in [6, 6.07) is 17.6. The van der Waals surface area contributed by atoms with Crippen molar-refractivity contribution in [3.63, 3.8) is 0 Å². The van der Waals surface area contributed by atoms with Crippen LogP contribution in [-0.4, -0.2) is 24.4 Å². The third kappa shape index (κ3) is 4.13. The van der Waals surface area contributed by atoms with Gasteiger partial charge in [0.15, 0.2) is 0 Å². The van der Waals surface area contributed by atoms with Gasteiger partial charge in [-0.25, -0.2) is 0 Å². The van der Waals surface area contributed by atoms with Crippen LogP contribution in [0.3, 0.4) is 0 Å². The van der Waals surface area contributed by atoms with Gasteiger partial charge in [-0.15, -0.1) is 0 Å². The summed E-state index contributed by atoms with van der Waals surface area (Å²) in [5.74, 6) is 0.465. The number of nitrogens with zero attached hydrogens (tertiary/aromatic N) is 1. The van der Waals surface area contributed by atoms with E-state index in [4.69, 9.17) is 0 Å². The first kappa shape index (κ1) is 18.2. The van der Waals surface area contributed by atoms with Crippen LogP contribution >= 0.6 is 0 Å². The minimum atomic E-state index is -0.409. The van der Waals surface area contributed by atoms with Gasteiger partial charge in [0.1, 0.15) is 6.04 Å². The molecule has 1 atom stereocenters. The Morgan fingerprint density at radius 2 is 1.81 bits per heavy atom. The molecule has 1 saturated heterocycles. The van der Waals surface area contributed by atoms with Gasteiger partial charge >= 0.3 is 0 Å². The molecule has 1 unspecified atom stereocenters. The molecule has 0 aromatic heterocycles. The third-order valence-electron chi connectivity index (χ3n) is 4.91. The Kier molecular flexibility index (Phi) is 5.71. The molecule has 1 fully saturated rings. The van der Waals surface area contributed by atoms with Gasteiger partial charge < -0.3 is 5.32 Å². The molecule has 0 spiro atoms. The molecule has 1 aliphatic heterocycles. The fourth-order valence-corrected chi connectivity index (χ4v) is 3.36. The molecular formula is C22H26N2O2. The number of carbonyl (C=O) groups excluding carboxylic acids is 2. The number of hydrogen-bond donors (Lipinski definition) is 1. The van der Waals surface area contributed by atoms with Crippen molar-refractivity contribution < 1.29 is 9.59 Å². The average molecular weight is 350 g/mol. The maximum absolute atomic E-state index is 12.6. The zero-order valence-electron chi connectivity index (χ0n) is 15.4. The second-order valence-corrected chi connectivity index (χ2v) is 7.09. The van der Waals surface area contributed by atoms with E-state index in [0.717, 1.165) is 12.1 Å². The van der Waals surface area contributed by atoms with Crippen molar-refractivity contribution >= 4 is 17.5 Å². The smallest absolute Gasteiger partial charge is 0.243 e. The minimum Gasteiger partial charge on any atom is -0.354 e. The standard InChI is InChI=1S/C22H26N2O2/c1-16(2)18-10-8-17(9-11-18)14-15-23-22(26)20-12-13-21(25)24(20)19-6-4-3-5-7-19/h3-11,16,20H,12-15H2,1-2H3,(H,23,26). The van der Waals surface area contributed by atoms with Crippen LogP contribution in [0.2, 0.25) is 0 Å². The SMILES string of the molecule is CC(C)c1ccc(CCNC(=O)C2CCC(=O)N2c2ccccc2)cc1. The molecular weight excluding hydrogens is 324 g/mol. The summed E-state index contributed by atoms with van der Waals surface area (Å²) >= 11 is 0. The predicted octanol–water partition coefficient (Wildman–Crippen LogP) is 3.66. The van der Waals surface area contributed by atoms with E-state index in [1.807, 2.05) is 30.3 Å². The first-order valence-electron chi connectivity index (χ1n) is 9.30. The first-order chi connectivity index (χ1) is 12.6. The molecule has 0 bridgehead atoms. The van der Waals surface area contributed by atoms with Crippen molar-refractivity contribution in [2.24, 2.45) is 0 Å². The molecule has 0 saturated carbocycles. The topological polar surface area (TPSA) is 49.4 Å². The van der Waals surface area contributed by atoms with Crippen LogP contribution in [0.25, 0.3) is 0 Å². The largest absolute Gasteiger partial charge is 0.354 e. The van der Waals surface area contributed by atoms with Crippen molar-refractivity contribution in [3.05, 3.63) is 65.7 Å². The first-order valence-corrected chi connectivity index (χ1v) is 9.30. The highest BCUT2D eigenvalue weighted by Crippen LogP contribution is 2.26. The zero-order valence-corrected chi connectivity index (χ0v) is 15.4. The summed E-state index contributed by atoms with van der Waals surface area (Å²) in [5, 5.41) is 3.00. The lowest BCUT2D eigenvalue weighted by atomic mass is 10.0. The predicted molar refractivity (Wildman–Crippen MR) is 104 cm³/mol. The maximum Gasteiger partial charge on any atom is 0.243 e. The molecule has 4 heteroatoms. The zero-order chi connectivity index (χ0) is 18.5. The van der Waals surface area contributed by atoms with E-state index in [2.05, 4.69) is 43.4 Å². The fourth-order valence-electron chi connectivity index (χ4n) is 3.36. The van der Waals surface area contributed by atoms with Crippen molar-refractivity contribution in [2.75, 3.05) is 11.4 Å². The summed E-state index contributed by atoms with van der Waals surface area (Å²) < 4.78 is 0. The number of rotatable bonds is 6. The summed E-state index contributed by atoms with van der Waals surface area (Å²) in [6.07, 6.45) is 1.78. The van der Waals surface area contributed by atoms with Crippen LogP contribution in [0, 0.1) is 0 Å². The quantitative estimate of drug-likeness (QED) is 0.864. The third-order valence-corrected chi connectivity index (χ3v) is 4.91. The highest BCUT2D eigenvalue weighted by atomic mass is 16.2. The molecule has 0 aliphatic carbocycles. The Morgan fingerprint density at radius 1 is 1.12 bits per heavy atom. The number of nitrogens with one attached hydrogen (secondary N) is 1. The normalized spacial score (nSPS) is 17.0. The number of anilines is 1. The highest BCUT2D eigenvalue weighted by molar-refractivity contribution is 6.03. The maximum atomic E-state index is 12.6. The molecule has 1 N–H and O–H groups in total. The molecule has 4 nitrogen and oxygen atoms in total. The Hall–Kier alpha value is -2.62. The van der Waals surface area contributed by atoms with Crippen molar-refractivity contribution in [1.82, 2.24) is 5.32 Å². The van der Waals surface area contributed by atoms with E-state index in [0.29, 0.717) is 25.3 Å². The van der Waals surface area contributed by atoms with Gasteiger partial charge in [-0.2, -0.15) is 0 Å². The number of amides is 2. The molecule has 136 valence electrons. The number of carbonyl (C=O) groups is 2. The molecule has 0 radical (unpaired) electrons. The summed E-state index contributed by atoms with van der Waals surface area (Å²) in [6.45, 7) is 4.93. The lowest BCUT2D eigenvalue weighted by Crippen LogP contribution is -2.45. The van der Waals surface area contributed by atoms with E-state index >= 15 is 0 Å². The summed E-state index contributed by atoms with van der Waals surface area (Å²) in [4.78, 5) is 26.5. The molecule has 1 aliphatic rings. The summed E-state index contributed by atoms with van der Waals surface area (Å²) in [5.41, 5.74) is 3.32. The van der Waals surface area contributed by atoms with Crippen LogP contribution in [0.5, 0.6) is 0 Å². The van der Waals surface area contributed by atoms with Gasteiger partial charge in [-0.05, 0) is 42.0 Å². The average Bonchev–Trinajstić information content (AvgIpc) is 3.04. The van der Waals surface area contributed by atoms with Gasteiger partial charge in [-0.1, -0.05) is 56.3 Å². The van der Waals surface area contributed by atoms with E-state index in [9.17, 15) is 9.59 Å². The van der Waals surface area contributed by atoms with Gasteiger partial charge in [0.2, 0.25) is 11.8 Å². The molecule has 1 heterocycles. The Bertz CT molecular complexity index is 753. The Labute approximate surface area is 155 Å². The van der Waals surface area contributed by atoms with Gasteiger partial charge in [-0.3, -0.25) is 14.5 Å². The van der Waals surface area contributed by atoms with Crippen LogP contribution in [0.1, 0.15) is 43.7 Å². The van der Waals surface area contributed by atoms with Crippen molar-refractivity contribution in [3.8, 4) is 0 Å². The second-order valence-electron chi connectivity index (χ2n) is 7.09. The van der Waals surface area contributed by atoms with Crippen molar-refractivity contribution in [2.45, 2.75) is 45.1 Å². The number of para-hydroxylation sites is 1. The second kappa shape index (κ2) is 8.17. The van der Waals surface area contributed by atoms with Gasteiger partial charge in [0.05, 0.1) is 0 Å². The highest BCUT2D eigenvalue weighted by Gasteiger charge is 2.36. The molecule has 2 aromatic rings. The van der Waals surface area contributed by atoms with E-state index in [1.54, 1.807) is 4.90 Å². The number of hydrogen-bond acceptors (Lipinski definition) is 2. The van der Waals surface area contributed by atoms with Gasteiger partial charge in [0.25, 0.3) is 0 Å². The van der Waals surface area contributed by atoms with E-state index in [-0.39, 0.29) is 11.8 Å². The van der Waals surface area contributed by atoms with Crippen molar-refractivity contribution in [1.29, 1.82) is 0 Å². The van der Waals surface area contributed by atoms with Crippen LogP contribution in [0.15, 0.2) is 54.6 Å². The van der Waals surface area contributed by atoms with E-state index < -0.39 is 6.04 Å². The molecule has 26 heavy (non-hydrogen) atoms. The fraction of sp³-hybridized carbons (Fsp3) is 0.364. The lowest BCUT2D eigenvalue weighted by molar-refractivity contribution is -0.123. The lowest BCUT2D eigenvalue weighted by Gasteiger charge is -2.24. The molecule has 2 aromatic carbocycles. The minimum absolute atomic E-state index is 0.0145. The molecule has 2 amide bonds. The summed E-state index contributed by atoms with van der Waals surface area (Å²) in [7, 11) is 0. The van der Waals surface area contributed by atoms with Crippen LogP contribution < -0.4 is 10.2 Å². The van der Waals surface area contributed by atoms with Crippen LogP contribution in [-0.2, 0) is 16.0 Å². The van der Waals surface area contributed by atoms with E-state index in [1.165, 1.54) is 11.1 Å². The molecule has 3 rings (SSSR count). The number of benzene rings is 2. The van der Waals surface area contributed by atoms with Gasteiger partial charge in [0, 0.05) is 18.7 Å². The monoisotopic (exact) mass is 350 g/mol. The Morgan fingerprint density at radius 3 is 2.46 bits per heavy atom.